The molecule has 0 bridgehead atoms. The Labute approximate surface area is 111 Å². The molecule has 2 aromatic rings. The van der Waals surface area contributed by atoms with Crippen LogP contribution in [-0.2, 0) is 5.41 Å². The van der Waals surface area contributed by atoms with Crippen molar-refractivity contribution in [2.75, 3.05) is 13.2 Å². The number of aromatic nitrogens is 2. The summed E-state index contributed by atoms with van der Waals surface area (Å²) in [5.41, 5.74) is 6.59. The van der Waals surface area contributed by atoms with Gasteiger partial charge < -0.3 is 15.0 Å². The first-order valence-corrected chi connectivity index (χ1v) is 6.55. The summed E-state index contributed by atoms with van der Waals surface area (Å²) < 4.78 is 10.8. The van der Waals surface area contributed by atoms with Gasteiger partial charge in [-0.1, -0.05) is 17.3 Å². The van der Waals surface area contributed by atoms with E-state index in [0.29, 0.717) is 24.9 Å². The molecule has 0 aliphatic heterocycles. The van der Waals surface area contributed by atoms with Crippen LogP contribution in [0.1, 0.15) is 25.7 Å². The number of benzene rings is 1. The summed E-state index contributed by atoms with van der Waals surface area (Å²) in [7, 11) is 0. The van der Waals surface area contributed by atoms with Gasteiger partial charge in [0.15, 0.2) is 0 Å². The highest BCUT2D eigenvalue weighted by molar-refractivity contribution is 5.57. The smallest absolute Gasteiger partial charge is 0.234 e. The third-order valence-electron chi connectivity index (χ3n) is 3.53. The van der Waals surface area contributed by atoms with E-state index in [9.17, 15) is 0 Å². The van der Waals surface area contributed by atoms with Gasteiger partial charge in [-0.25, -0.2) is 0 Å². The Morgan fingerprint density at radius 2 is 2.26 bits per heavy atom. The van der Waals surface area contributed by atoms with Crippen molar-refractivity contribution in [3.05, 3.63) is 30.2 Å². The van der Waals surface area contributed by atoms with Crippen LogP contribution in [0.5, 0.6) is 5.75 Å². The lowest BCUT2D eigenvalue weighted by atomic mass is 10.1. The predicted octanol–water partition coefficient (Wildman–Crippen LogP) is 2.13. The maximum absolute atomic E-state index is 5.76. The lowest BCUT2D eigenvalue weighted by Gasteiger charge is -2.04. The standard InChI is InChI=1S/C14H17N3O2/c1-2-18-11-5-3-4-10(8-11)12-16-13(19-17-12)14(9-15)6-7-14/h3-5,8H,2,6-7,9,15H2,1H3. The molecule has 5 heteroatoms. The summed E-state index contributed by atoms with van der Waals surface area (Å²) in [6.45, 7) is 3.15. The molecular weight excluding hydrogens is 242 g/mol. The van der Waals surface area contributed by atoms with E-state index in [1.165, 1.54) is 0 Å². The van der Waals surface area contributed by atoms with Crippen molar-refractivity contribution >= 4 is 0 Å². The molecule has 0 atom stereocenters. The normalized spacial score (nSPS) is 16.3. The van der Waals surface area contributed by atoms with Crippen LogP contribution in [0.25, 0.3) is 11.4 Å². The number of nitrogens with zero attached hydrogens (tertiary/aromatic N) is 2. The zero-order valence-electron chi connectivity index (χ0n) is 10.9. The fraction of sp³-hybridized carbons (Fsp3) is 0.429. The van der Waals surface area contributed by atoms with Gasteiger partial charge in [0, 0.05) is 12.1 Å². The first-order valence-electron chi connectivity index (χ1n) is 6.55. The van der Waals surface area contributed by atoms with Crippen LogP contribution in [-0.4, -0.2) is 23.3 Å². The number of hydrogen-bond donors (Lipinski definition) is 1. The van der Waals surface area contributed by atoms with Crippen molar-refractivity contribution in [2.24, 2.45) is 5.73 Å². The van der Waals surface area contributed by atoms with Crippen LogP contribution < -0.4 is 10.5 Å². The van der Waals surface area contributed by atoms with Gasteiger partial charge in [0.1, 0.15) is 5.75 Å². The molecule has 1 saturated carbocycles. The molecule has 0 radical (unpaired) electrons. The second-order valence-corrected chi connectivity index (χ2v) is 4.87. The van der Waals surface area contributed by atoms with Gasteiger partial charge in [-0.05, 0) is 31.9 Å². The topological polar surface area (TPSA) is 74.2 Å². The molecule has 2 N–H and O–H groups in total. The minimum absolute atomic E-state index is 0.0667. The summed E-state index contributed by atoms with van der Waals surface area (Å²) in [5.74, 6) is 2.06. The van der Waals surface area contributed by atoms with Crippen molar-refractivity contribution in [1.82, 2.24) is 10.1 Å². The average Bonchev–Trinajstić information content (AvgIpc) is 3.08. The molecule has 0 spiro atoms. The van der Waals surface area contributed by atoms with Gasteiger partial charge in [0.05, 0.1) is 12.0 Å². The van der Waals surface area contributed by atoms with Crippen molar-refractivity contribution in [3.63, 3.8) is 0 Å². The number of hydrogen-bond acceptors (Lipinski definition) is 5. The quantitative estimate of drug-likeness (QED) is 0.890. The highest BCUT2D eigenvalue weighted by atomic mass is 16.5. The van der Waals surface area contributed by atoms with E-state index in [2.05, 4.69) is 10.1 Å². The van der Waals surface area contributed by atoms with Crippen molar-refractivity contribution in [3.8, 4) is 17.1 Å². The van der Waals surface area contributed by atoms with E-state index in [0.717, 1.165) is 24.2 Å². The Bertz CT molecular complexity index is 576. The van der Waals surface area contributed by atoms with E-state index in [1.54, 1.807) is 0 Å². The van der Waals surface area contributed by atoms with Gasteiger partial charge in [-0.2, -0.15) is 4.98 Å². The van der Waals surface area contributed by atoms with Crippen LogP contribution in [0.15, 0.2) is 28.8 Å². The average molecular weight is 259 g/mol. The van der Waals surface area contributed by atoms with Gasteiger partial charge in [-0.3, -0.25) is 0 Å². The van der Waals surface area contributed by atoms with Gasteiger partial charge in [0.25, 0.3) is 0 Å². The van der Waals surface area contributed by atoms with E-state index < -0.39 is 0 Å². The first-order chi connectivity index (χ1) is 9.27. The van der Waals surface area contributed by atoms with Crippen LogP contribution in [0.2, 0.25) is 0 Å². The summed E-state index contributed by atoms with van der Waals surface area (Å²) in [5, 5.41) is 4.04. The van der Waals surface area contributed by atoms with E-state index in [4.69, 9.17) is 15.0 Å². The third-order valence-corrected chi connectivity index (χ3v) is 3.53. The highest BCUT2D eigenvalue weighted by Crippen LogP contribution is 2.46. The Kier molecular flexibility index (Phi) is 2.98. The van der Waals surface area contributed by atoms with E-state index >= 15 is 0 Å². The molecule has 0 unspecified atom stereocenters. The Hall–Kier alpha value is -1.88. The van der Waals surface area contributed by atoms with Crippen LogP contribution in [0, 0.1) is 0 Å². The second-order valence-electron chi connectivity index (χ2n) is 4.87. The monoisotopic (exact) mass is 259 g/mol. The van der Waals surface area contributed by atoms with Crippen LogP contribution >= 0.6 is 0 Å². The number of rotatable bonds is 5. The van der Waals surface area contributed by atoms with Gasteiger partial charge in [0.2, 0.25) is 11.7 Å². The SMILES string of the molecule is CCOc1cccc(-c2noc(C3(CN)CC3)n2)c1. The molecule has 0 amide bonds. The maximum atomic E-state index is 5.76. The lowest BCUT2D eigenvalue weighted by Crippen LogP contribution is -2.19. The predicted molar refractivity (Wildman–Crippen MR) is 70.9 cm³/mol. The molecule has 1 fully saturated rings. The van der Waals surface area contributed by atoms with Crippen molar-refractivity contribution in [2.45, 2.75) is 25.2 Å². The summed E-state index contributed by atoms with van der Waals surface area (Å²) >= 11 is 0. The molecule has 1 aliphatic rings. The van der Waals surface area contributed by atoms with Crippen LogP contribution in [0.3, 0.4) is 0 Å². The maximum Gasteiger partial charge on any atom is 0.234 e. The molecule has 5 nitrogen and oxygen atoms in total. The zero-order valence-corrected chi connectivity index (χ0v) is 10.9. The molecular formula is C14H17N3O2. The Morgan fingerprint density at radius 3 is 2.95 bits per heavy atom. The molecule has 19 heavy (non-hydrogen) atoms. The minimum atomic E-state index is -0.0667. The number of nitrogens with two attached hydrogens (primary N) is 1. The van der Waals surface area contributed by atoms with Crippen LogP contribution in [0.4, 0.5) is 0 Å². The highest BCUT2D eigenvalue weighted by Gasteiger charge is 2.48. The number of ether oxygens (including phenoxy) is 1. The van der Waals surface area contributed by atoms with Crippen molar-refractivity contribution < 1.29 is 9.26 Å². The molecule has 1 aliphatic carbocycles. The molecule has 1 aromatic heterocycles. The van der Waals surface area contributed by atoms with Crippen molar-refractivity contribution in [1.29, 1.82) is 0 Å². The summed E-state index contributed by atoms with van der Waals surface area (Å²) in [6, 6.07) is 7.70. The second kappa shape index (κ2) is 4.66. The molecule has 1 aromatic carbocycles. The molecule has 100 valence electrons. The fourth-order valence-electron chi connectivity index (χ4n) is 2.10. The zero-order chi connectivity index (χ0) is 13.3. The first kappa shape index (κ1) is 12.2. The lowest BCUT2D eigenvalue weighted by molar-refractivity contribution is 0.340. The molecule has 0 saturated heterocycles. The Balaban J connectivity index is 1.88. The van der Waals surface area contributed by atoms with E-state index in [-0.39, 0.29) is 5.41 Å². The fourth-order valence-corrected chi connectivity index (χ4v) is 2.10. The largest absolute Gasteiger partial charge is 0.494 e. The van der Waals surface area contributed by atoms with Gasteiger partial charge in [-0.15, -0.1) is 0 Å². The third kappa shape index (κ3) is 2.21. The molecule has 1 heterocycles. The van der Waals surface area contributed by atoms with E-state index in [1.807, 2.05) is 31.2 Å². The molecule has 3 rings (SSSR count). The minimum Gasteiger partial charge on any atom is -0.494 e. The Morgan fingerprint density at radius 1 is 1.42 bits per heavy atom. The summed E-state index contributed by atoms with van der Waals surface area (Å²) in [4.78, 5) is 4.47. The summed E-state index contributed by atoms with van der Waals surface area (Å²) in [6.07, 6.45) is 2.06. The van der Waals surface area contributed by atoms with Gasteiger partial charge >= 0.3 is 0 Å².